The Hall–Kier alpha value is -1.75. The molecule has 3 rings (SSSR count). The topological polar surface area (TPSA) is 50.8 Å². The molecule has 1 N–H and O–H groups in total. The lowest BCUT2D eigenvalue weighted by molar-refractivity contribution is -0.129. The Morgan fingerprint density at radius 1 is 1.25 bits per heavy atom. The van der Waals surface area contributed by atoms with Crippen LogP contribution in [0.25, 0.3) is 0 Å². The van der Waals surface area contributed by atoms with Crippen molar-refractivity contribution in [2.75, 3.05) is 26.3 Å². The monoisotopic (exact) mass is 332 g/mol. The fraction of sp³-hybridized carbons (Fsp3) is 0.632. The Balaban J connectivity index is 1.50. The molecule has 132 valence electrons. The Bertz CT molecular complexity index is 562. The molecule has 0 aromatic heterocycles. The van der Waals surface area contributed by atoms with E-state index in [1.54, 1.807) is 0 Å². The molecule has 0 spiro atoms. The number of ether oxygens (including phenoxy) is 2. The number of benzene rings is 1. The summed E-state index contributed by atoms with van der Waals surface area (Å²) in [4.78, 5) is 14.0. The van der Waals surface area contributed by atoms with Crippen LogP contribution < -0.4 is 14.8 Å². The van der Waals surface area contributed by atoms with Crippen LogP contribution in [-0.2, 0) is 11.3 Å². The van der Waals surface area contributed by atoms with E-state index in [2.05, 4.69) is 23.2 Å². The number of nitrogens with zero attached hydrogens (tertiary/aromatic N) is 1. The molecule has 5 nitrogen and oxygen atoms in total. The van der Waals surface area contributed by atoms with Gasteiger partial charge >= 0.3 is 0 Å². The normalized spacial score (nSPS) is 18.5. The van der Waals surface area contributed by atoms with Crippen LogP contribution in [0.3, 0.4) is 0 Å². The Morgan fingerprint density at radius 2 is 2.12 bits per heavy atom. The van der Waals surface area contributed by atoms with E-state index in [9.17, 15) is 4.79 Å². The summed E-state index contributed by atoms with van der Waals surface area (Å²) in [6.45, 7) is 6.17. The Morgan fingerprint density at radius 3 is 2.92 bits per heavy atom. The third kappa shape index (κ3) is 4.01. The first kappa shape index (κ1) is 17.1. The van der Waals surface area contributed by atoms with Crippen LogP contribution in [0.4, 0.5) is 0 Å². The molecule has 0 radical (unpaired) electrons. The van der Waals surface area contributed by atoms with Crippen molar-refractivity contribution in [1.29, 1.82) is 0 Å². The number of para-hydroxylation sites is 1. The summed E-state index contributed by atoms with van der Waals surface area (Å²) < 4.78 is 11.6. The fourth-order valence-electron chi connectivity index (χ4n) is 3.52. The van der Waals surface area contributed by atoms with Gasteiger partial charge < -0.3 is 19.7 Å². The van der Waals surface area contributed by atoms with Crippen molar-refractivity contribution < 1.29 is 14.3 Å². The van der Waals surface area contributed by atoms with E-state index in [-0.39, 0.29) is 0 Å². The minimum atomic E-state index is 0.320. The number of rotatable bonds is 7. The number of fused-ring (bicyclic) bond motifs is 1. The first-order valence-corrected chi connectivity index (χ1v) is 9.17. The lowest BCUT2D eigenvalue weighted by atomic mass is 10.1. The summed E-state index contributed by atoms with van der Waals surface area (Å²) in [6, 6.07) is 6.43. The standard InChI is InChI=1S/C19H28N2O3/c1-2-16(21-11-4-8-18(21)22)9-10-20-14-15-6-3-7-17-19(15)24-13-5-12-23-17/h3,6-7,16,20H,2,4-5,8-14H2,1H3/t16-/m0/s1. The number of likely N-dealkylation sites (tertiary alicyclic amines) is 1. The van der Waals surface area contributed by atoms with Crippen molar-refractivity contribution in [1.82, 2.24) is 10.2 Å². The second-order valence-electron chi connectivity index (χ2n) is 6.51. The second-order valence-corrected chi connectivity index (χ2v) is 6.51. The Labute approximate surface area is 144 Å². The molecule has 2 aliphatic heterocycles. The van der Waals surface area contributed by atoms with Crippen LogP contribution >= 0.6 is 0 Å². The number of hydrogen-bond donors (Lipinski definition) is 1. The molecule has 0 unspecified atom stereocenters. The number of carbonyl (C=O) groups excluding carboxylic acids is 1. The summed E-state index contributed by atoms with van der Waals surface area (Å²) in [5.41, 5.74) is 1.14. The average Bonchev–Trinajstić information content (AvgIpc) is 2.87. The Kier molecular flexibility index (Phi) is 5.96. The zero-order chi connectivity index (χ0) is 16.8. The summed E-state index contributed by atoms with van der Waals surface area (Å²) in [6.07, 6.45) is 4.66. The minimum Gasteiger partial charge on any atom is -0.490 e. The molecule has 1 atom stereocenters. The predicted molar refractivity (Wildman–Crippen MR) is 93.4 cm³/mol. The van der Waals surface area contributed by atoms with E-state index in [0.29, 0.717) is 25.2 Å². The number of hydrogen-bond acceptors (Lipinski definition) is 4. The zero-order valence-corrected chi connectivity index (χ0v) is 14.6. The van der Waals surface area contributed by atoms with Crippen molar-refractivity contribution >= 4 is 5.91 Å². The van der Waals surface area contributed by atoms with Gasteiger partial charge in [0.05, 0.1) is 13.2 Å². The molecule has 2 aliphatic rings. The summed E-state index contributed by atoms with van der Waals surface area (Å²) >= 11 is 0. The van der Waals surface area contributed by atoms with Gasteiger partial charge in [0.1, 0.15) is 0 Å². The highest BCUT2D eigenvalue weighted by Crippen LogP contribution is 2.33. The molecule has 24 heavy (non-hydrogen) atoms. The molecule has 0 aliphatic carbocycles. The lowest BCUT2D eigenvalue weighted by Gasteiger charge is -2.27. The molecule has 1 amide bonds. The van der Waals surface area contributed by atoms with Gasteiger partial charge in [0.15, 0.2) is 11.5 Å². The van der Waals surface area contributed by atoms with Crippen LogP contribution in [0.5, 0.6) is 11.5 Å². The van der Waals surface area contributed by atoms with Crippen molar-refractivity contribution in [2.24, 2.45) is 0 Å². The first-order valence-electron chi connectivity index (χ1n) is 9.17. The molecule has 1 fully saturated rings. The van der Waals surface area contributed by atoms with Crippen LogP contribution in [0, 0.1) is 0 Å². The minimum absolute atomic E-state index is 0.320. The summed E-state index contributed by atoms with van der Waals surface area (Å²) in [5.74, 6) is 2.05. The molecule has 5 heteroatoms. The molecular formula is C19H28N2O3. The van der Waals surface area contributed by atoms with Gasteiger partial charge in [-0.3, -0.25) is 4.79 Å². The second kappa shape index (κ2) is 8.38. The SMILES string of the molecule is CC[C@@H](CCNCc1cccc2c1OCCCO2)N1CCCC1=O. The van der Waals surface area contributed by atoms with Crippen LogP contribution in [0.15, 0.2) is 18.2 Å². The van der Waals surface area contributed by atoms with Crippen molar-refractivity contribution in [3.8, 4) is 11.5 Å². The van der Waals surface area contributed by atoms with Gasteiger partial charge in [-0.05, 0) is 31.9 Å². The van der Waals surface area contributed by atoms with E-state index in [4.69, 9.17) is 9.47 Å². The molecule has 1 saturated heterocycles. The largest absolute Gasteiger partial charge is 0.490 e. The number of amides is 1. The quantitative estimate of drug-likeness (QED) is 0.780. The molecule has 0 bridgehead atoms. The van der Waals surface area contributed by atoms with Gasteiger partial charge in [0.25, 0.3) is 0 Å². The number of carbonyl (C=O) groups is 1. The highest BCUT2D eigenvalue weighted by molar-refractivity contribution is 5.78. The van der Waals surface area contributed by atoms with Gasteiger partial charge in [-0.1, -0.05) is 19.1 Å². The van der Waals surface area contributed by atoms with Gasteiger partial charge in [-0.25, -0.2) is 0 Å². The van der Waals surface area contributed by atoms with E-state index in [1.807, 2.05) is 12.1 Å². The first-order chi connectivity index (χ1) is 11.8. The molecule has 0 saturated carbocycles. The number of nitrogens with one attached hydrogen (secondary N) is 1. The summed E-state index contributed by atoms with van der Waals surface area (Å²) in [5, 5.41) is 3.50. The third-order valence-corrected chi connectivity index (χ3v) is 4.84. The smallest absolute Gasteiger partial charge is 0.222 e. The fourth-order valence-corrected chi connectivity index (χ4v) is 3.52. The summed E-state index contributed by atoms with van der Waals surface area (Å²) in [7, 11) is 0. The average molecular weight is 332 g/mol. The van der Waals surface area contributed by atoms with E-state index >= 15 is 0 Å². The van der Waals surface area contributed by atoms with E-state index in [0.717, 1.165) is 68.8 Å². The van der Waals surface area contributed by atoms with Crippen LogP contribution in [0.1, 0.15) is 44.6 Å². The molecule has 2 heterocycles. The van der Waals surface area contributed by atoms with Crippen molar-refractivity contribution in [2.45, 2.75) is 51.6 Å². The zero-order valence-electron chi connectivity index (χ0n) is 14.6. The molecular weight excluding hydrogens is 304 g/mol. The van der Waals surface area contributed by atoms with Crippen molar-refractivity contribution in [3.05, 3.63) is 23.8 Å². The molecule has 1 aromatic rings. The highest BCUT2D eigenvalue weighted by Gasteiger charge is 2.26. The maximum Gasteiger partial charge on any atom is 0.222 e. The van der Waals surface area contributed by atoms with Gasteiger partial charge in [0.2, 0.25) is 5.91 Å². The van der Waals surface area contributed by atoms with Gasteiger partial charge in [0, 0.05) is 37.5 Å². The van der Waals surface area contributed by atoms with E-state index in [1.165, 1.54) is 0 Å². The molecule has 1 aromatic carbocycles. The van der Waals surface area contributed by atoms with Gasteiger partial charge in [-0.2, -0.15) is 0 Å². The third-order valence-electron chi connectivity index (χ3n) is 4.84. The maximum absolute atomic E-state index is 11.9. The predicted octanol–water partition coefficient (Wildman–Crippen LogP) is 2.73. The highest BCUT2D eigenvalue weighted by atomic mass is 16.5. The van der Waals surface area contributed by atoms with Gasteiger partial charge in [-0.15, -0.1) is 0 Å². The maximum atomic E-state index is 11.9. The van der Waals surface area contributed by atoms with Crippen molar-refractivity contribution in [3.63, 3.8) is 0 Å². The van der Waals surface area contributed by atoms with Crippen LogP contribution in [0.2, 0.25) is 0 Å². The van der Waals surface area contributed by atoms with E-state index < -0.39 is 0 Å². The lowest BCUT2D eigenvalue weighted by Crippen LogP contribution is -2.37. The van der Waals surface area contributed by atoms with Crippen LogP contribution in [-0.4, -0.2) is 43.2 Å².